The molecule has 0 aliphatic carbocycles. The molecule has 1 fully saturated rings. The van der Waals surface area contributed by atoms with Crippen LogP contribution in [0, 0.1) is 0 Å². The van der Waals surface area contributed by atoms with Gasteiger partial charge in [0.25, 0.3) is 0 Å². The number of carbonyl (C=O) groups excluding carboxylic acids is 2. The van der Waals surface area contributed by atoms with Crippen LogP contribution in [0.25, 0.3) is 0 Å². The average Bonchev–Trinajstić information content (AvgIpc) is 2.71. The molecule has 130 valence electrons. The Morgan fingerprint density at radius 2 is 2.12 bits per heavy atom. The second kappa shape index (κ2) is 7.28. The normalized spacial score (nSPS) is 18.2. The fourth-order valence-corrected chi connectivity index (χ4v) is 3.71. The maximum atomic E-state index is 12.8. The maximum absolute atomic E-state index is 12.8. The van der Waals surface area contributed by atoms with Gasteiger partial charge in [0.2, 0.25) is 11.8 Å². The smallest absolute Gasteiger partial charge is 0.326 e. The summed E-state index contributed by atoms with van der Waals surface area (Å²) in [6.07, 6.45) is -4.69. The van der Waals surface area contributed by atoms with E-state index in [9.17, 15) is 22.8 Å². The van der Waals surface area contributed by atoms with Crippen molar-refractivity contribution in [2.45, 2.75) is 24.8 Å². The standard InChI is InChI=1S/C14H12ClF3N2O2S2/c1-7-12(22)20(13(23)24-7)5-4-11(21)19-8-2-3-10(15)9(6-8)14(16,17)18/h2-3,6-7H,4-5H2,1H3,(H,19,21). The Labute approximate surface area is 150 Å². The minimum Gasteiger partial charge on any atom is -0.326 e. The largest absolute Gasteiger partial charge is 0.417 e. The topological polar surface area (TPSA) is 49.4 Å². The molecule has 1 heterocycles. The highest BCUT2D eigenvalue weighted by Gasteiger charge is 2.34. The third-order valence-corrected chi connectivity index (χ3v) is 5.05. The van der Waals surface area contributed by atoms with E-state index in [-0.39, 0.29) is 29.8 Å². The molecule has 2 rings (SSSR count). The van der Waals surface area contributed by atoms with Gasteiger partial charge in [-0.05, 0) is 25.1 Å². The van der Waals surface area contributed by atoms with Crippen LogP contribution in [0.1, 0.15) is 18.9 Å². The number of rotatable bonds is 4. The van der Waals surface area contributed by atoms with Crippen LogP contribution >= 0.6 is 35.6 Å². The van der Waals surface area contributed by atoms with Crippen molar-refractivity contribution in [1.29, 1.82) is 0 Å². The van der Waals surface area contributed by atoms with Crippen LogP contribution in [-0.4, -0.2) is 32.8 Å². The second-order valence-electron chi connectivity index (χ2n) is 5.01. The van der Waals surface area contributed by atoms with Crippen LogP contribution in [0.5, 0.6) is 0 Å². The highest BCUT2D eigenvalue weighted by Crippen LogP contribution is 2.36. The molecule has 24 heavy (non-hydrogen) atoms. The molecule has 0 aromatic heterocycles. The third kappa shape index (κ3) is 4.40. The minimum atomic E-state index is -4.61. The van der Waals surface area contributed by atoms with Gasteiger partial charge < -0.3 is 5.32 Å². The summed E-state index contributed by atoms with van der Waals surface area (Å²) >= 11 is 11.8. The number of nitrogens with zero attached hydrogens (tertiary/aromatic N) is 1. The van der Waals surface area contributed by atoms with Gasteiger partial charge in [-0.3, -0.25) is 14.5 Å². The molecule has 0 spiro atoms. The lowest BCUT2D eigenvalue weighted by molar-refractivity contribution is -0.137. The molecule has 1 aromatic rings. The van der Waals surface area contributed by atoms with E-state index in [0.29, 0.717) is 4.32 Å². The average molecular weight is 397 g/mol. The Hall–Kier alpha value is -1.32. The van der Waals surface area contributed by atoms with Crippen LogP contribution in [0.15, 0.2) is 18.2 Å². The number of benzene rings is 1. The molecule has 1 atom stereocenters. The molecule has 1 aromatic carbocycles. The fraction of sp³-hybridized carbons (Fsp3) is 0.357. The molecular formula is C14H12ClF3N2O2S2. The number of halogens is 4. The number of hydrogen-bond donors (Lipinski definition) is 1. The van der Waals surface area contributed by atoms with Gasteiger partial charge >= 0.3 is 6.18 Å². The van der Waals surface area contributed by atoms with Crippen molar-refractivity contribution in [3.63, 3.8) is 0 Å². The van der Waals surface area contributed by atoms with Gasteiger partial charge in [0.05, 0.1) is 15.8 Å². The van der Waals surface area contributed by atoms with Gasteiger partial charge in [0, 0.05) is 18.7 Å². The van der Waals surface area contributed by atoms with E-state index in [4.69, 9.17) is 23.8 Å². The predicted molar refractivity (Wildman–Crippen MR) is 91.1 cm³/mol. The van der Waals surface area contributed by atoms with E-state index in [2.05, 4.69) is 5.32 Å². The lowest BCUT2D eigenvalue weighted by Crippen LogP contribution is -2.33. The van der Waals surface area contributed by atoms with E-state index in [1.807, 2.05) is 0 Å². The quantitative estimate of drug-likeness (QED) is 0.783. The molecule has 1 saturated heterocycles. The van der Waals surface area contributed by atoms with Crippen LogP contribution in [0.4, 0.5) is 18.9 Å². The third-order valence-electron chi connectivity index (χ3n) is 3.23. The molecule has 1 unspecified atom stereocenters. The van der Waals surface area contributed by atoms with E-state index >= 15 is 0 Å². The fourth-order valence-electron chi connectivity index (χ4n) is 2.03. The zero-order valence-corrected chi connectivity index (χ0v) is 14.7. The van der Waals surface area contributed by atoms with Gasteiger partial charge in [0.1, 0.15) is 4.32 Å². The van der Waals surface area contributed by atoms with Crippen LogP contribution < -0.4 is 5.32 Å². The molecule has 1 aliphatic rings. The summed E-state index contributed by atoms with van der Waals surface area (Å²) in [6, 6.07) is 3.11. The summed E-state index contributed by atoms with van der Waals surface area (Å²) < 4.78 is 38.7. The second-order valence-corrected chi connectivity index (χ2v) is 7.39. The van der Waals surface area contributed by atoms with Crippen LogP contribution in [0.2, 0.25) is 5.02 Å². The Kier molecular flexibility index (Phi) is 5.77. The highest BCUT2D eigenvalue weighted by atomic mass is 35.5. The number of hydrogen-bond acceptors (Lipinski definition) is 4. The lowest BCUT2D eigenvalue weighted by Gasteiger charge is -2.15. The summed E-state index contributed by atoms with van der Waals surface area (Å²) in [6.45, 7) is 1.80. The van der Waals surface area contributed by atoms with Crippen molar-refractivity contribution >= 4 is 57.4 Å². The maximum Gasteiger partial charge on any atom is 0.417 e. The molecule has 0 radical (unpaired) electrons. The van der Waals surface area contributed by atoms with E-state index < -0.39 is 22.7 Å². The van der Waals surface area contributed by atoms with E-state index in [0.717, 1.165) is 12.1 Å². The Morgan fingerprint density at radius 1 is 1.46 bits per heavy atom. The number of amides is 2. The van der Waals surface area contributed by atoms with Gasteiger partial charge in [-0.1, -0.05) is 35.6 Å². The van der Waals surface area contributed by atoms with E-state index in [1.54, 1.807) is 6.92 Å². The van der Waals surface area contributed by atoms with Crippen molar-refractivity contribution in [3.05, 3.63) is 28.8 Å². The first-order chi connectivity index (χ1) is 11.1. The first kappa shape index (κ1) is 19.0. The number of thiocarbonyl (C=S) groups is 1. The number of thioether (sulfide) groups is 1. The molecule has 4 nitrogen and oxygen atoms in total. The molecule has 1 aliphatic heterocycles. The molecule has 0 saturated carbocycles. The first-order valence-corrected chi connectivity index (χ1v) is 8.45. The number of carbonyl (C=O) groups is 2. The number of nitrogens with one attached hydrogen (secondary N) is 1. The SMILES string of the molecule is CC1SC(=S)N(CCC(=O)Nc2ccc(Cl)c(C(F)(F)F)c2)C1=O. The molecule has 2 amide bonds. The van der Waals surface area contributed by atoms with Crippen molar-refractivity contribution in [3.8, 4) is 0 Å². The van der Waals surface area contributed by atoms with Crippen molar-refractivity contribution in [2.24, 2.45) is 0 Å². The van der Waals surface area contributed by atoms with Gasteiger partial charge in [-0.2, -0.15) is 13.2 Å². The summed E-state index contributed by atoms with van der Waals surface area (Å²) in [5.41, 5.74) is -1.04. The lowest BCUT2D eigenvalue weighted by atomic mass is 10.2. The van der Waals surface area contributed by atoms with Gasteiger partial charge in [-0.15, -0.1) is 0 Å². The number of anilines is 1. The summed E-state index contributed by atoms with van der Waals surface area (Å²) in [4.78, 5) is 25.0. The first-order valence-electron chi connectivity index (χ1n) is 6.78. The van der Waals surface area contributed by atoms with Crippen molar-refractivity contribution in [2.75, 3.05) is 11.9 Å². The zero-order valence-electron chi connectivity index (χ0n) is 12.3. The minimum absolute atomic E-state index is 0.0187. The Morgan fingerprint density at radius 3 is 2.67 bits per heavy atom. The predicted octanol–water partition coefficient (Wildman–Crippen LogP) is 3.94. The highest BCUT2D eigenvalue weighted by molar-refractivity contribution is 8.24. The zero-order chi connectivity index (χ0) is 18.1. The van der Waals surface area contributed by atoms with Crippen LogP contribution in [-0.2, 0) is 15.8 Å². The molecule has 10 heteroatoms. The summed E-state index contributed by atoms with van der Waals surface area (Å²) in [5, 5.41) is 1.63. The molecule has 0 bridgehead atoms. The van der Waals surface area contributed by atoms with Crippen molar-refractivity contribution < 1.29 is 22.8 Å². The summed E-state index contributed by atoms with van der Waals surface area (Å²) in [5.74, 6) is -0.700. The van der Waals surface area contributed by atoms with Gasteiger partial charge in [0.15, 0.2) is 0 Å². The van der Waals surface area contributed by atoms with E-state index in [1.165, 1.54) is 22.7 Å². The number of alkyl halides is 3. The van der Waals surface area contributed by atoms with Crippen molar-refractivity contribution in [1.82, 2.24) is 4.90 Å². The Bertz CT molecular complexity index is 697. The van der Waals surface area contributed by atoms with Gasteiger partial charge in [-0.25, -0.2) is 0 Å². The molecule has 1 N–H and O–H groups in total. The monoisotopic (exact) mass is 396 g/mol. The molecular weight excluding hydrogens is 385 g/mol. The Balaban J connectivity index is 1.98. The van der Waals surface area contributed by atoms with Crippen LogP contribution in [0.3, 0.4) is 0 Å². The summed E-state index contributed by atoms with van der Waals surface area (Å²) in [7, 11) is 0.